The number of Topliss-reactive ketones (excluding diaryl/α,β-unsaturated/α-hetero) is 1. The molecule has 0 spiro atoms. The van der Waals surface area contributed by atoms with Gasteiger partial charge in [-0.3, -0.25) is 9.59 Å². The Kier molecular flexibility index (Phi) is 5.65. The first-order valence-corrected chi connectivity index (χ1v) is 8.00. The third kappa shape index (κ3) is 3.78. The van der Waals surface area contributed by atoms with E-state index in [1.54, 1.807) is 14.2 Å². The van der Waals surface area contributed by atoms with Gasteiger partial charge in [-0.2, -0.15) is 0 Å². The molecule has 1 aromatic rings. The lowest BCUT2D eigenvalue weighted by molar-refractivity contribution is -0.152. The van der Waals surface area contributed by atoms with Crippen LogP contribution in [-0.4, -0.2) is 32.1 Å². The molecule has 0 N–H and O–H groups in total. The fraction of sp³-hybridized carbons (Fsp3) is 0.474. The molecule has 130 valence electrons. The van der Waals surface area contributed by atoms with Crippen LogP contribution >= 0.6 is 0 Å². The second-order valence-electron chi connectivity index (χ2n) is 6.20. The van der Waals surface area contributed by atoms with Crippen molar-refractivity contribution >= 4 is 17.8 Å². The fourth-order valence-electron chi connectivity index (χ4n) is 3.08. The van der Waals surface area contributed by atoms with Gasteiger partial charge in [-0.25, -0.2) is 0 Å². The van der Waals surface area contributed by atoms with Crippen molar-refractivity contribution in [1.82, 2.24) is 0 Å². The number of esters is 1. The van der Waals surface area contributed by atoms with E-state index < -0.39 is 5.41 Å². The summed E-state index contributed by atoms with van der Waals surface area (Å²) >= 11 is 0. The number of hydrogen-bond donors (Lipinski definition) is 0. The number of methoxy groups -OCH3 is 2. The average molecular weight is 332 g/mol. The van der Waals surface area contributed by atoms with Gasteiger partial charge in [0.25, 0.3) is 0 Å². The summed E-state index contributed by atoms with van der Waals surface area (Å²) in [7, 11) is 3.18. The number of benzene rings is 1. The van der Waals surface area contributed by atoms with Crippen LogP contribution in [0.2, 0.25) is 0 Å². The van der Waals surface area contributed by atoms with Crippen molar-refractivity contribution in [2.75, 3.05) is 14.2 Å². The van der Waals surface area contributed by atoms with Crippen molar-refractivity contribution in [3.63, 3.8) is 0 Å². The monoisotopic (exact) mass is 332 g/mol. The molecule has 2 rings (SSSR count). The Morgan fingerprint density at radius 1 is 1.29 bits per heavy atom. The molecule has 1 aromatic carbocycles. The van der Waals surface area contributed by atoms with Crippen LogP contribution in [0.25, 0.3) is 6.08 Å². The second-order valence-corrected chi connectivity index (χ2v) is 6.20. The Balaban J connectivity index is 2.12. The number of hydrogen-bond acceptors (Lipinski definition) is 5. The fourth-order valence-corrected chi connectivity index (χ4v) is 3.08. The lowest BCUT2D eigenvalue weighted by Crippen LogP contribution is -2.35. The van der Waals surface area contributed by atoms with Crippen LogP contribution in [0.3, 0.4) is 0 Å². The van der Waals surface area contributed by atoms with Gasteiger partial charge in [0.05, 0.1) is 19.6 Å². The van der Waals surface area contributed by atoms with Gasteiger partial charge in [-0.1, -0.05) is 18.2 Å². The molecule has 0 aromatic heterocycles. The van der Waals surface area contributed by atoms with Crippen LogP contribution in [0, 0.1) is 5.41 Å². The second kappa shape index (κ2) is 7.51. The summed E-state index contributed by atoms with van der Waals surface area (Å²) in [6, 6.07) is 5.63. The third-order valence-corrected chi connectivity index (χ3v) is 4.55. The normalized spacial score (nSPS) is 23.5. The number of carbonyl (C=O) groups is 2. The number of carbonyl (C=O) groups excluding carboxylic acids is 2. The minimum atomic E-state index is -0.654. The summed E-state index contributed by atoms with van der Waals surface area (Å²) in [5.41, 5.74) is 0.296. The van der Waals surface area contributed by atoms with Gasteiger partial charge in [0.15, 0.2) is 11.5 Å². The van der Waals surface area contributed by atoms with E-state index in [2.05, 4.69) is 0 Å². The quantitative estimate of drug-likeness (QED) is 0.747. The maximum atomic E-state index is 12.3. The first kappa shape index (κ1) is 18.0. The largest absolute Gasteiger partial charge is 0.493 e. The SMILES string of the molecule is COc1ccc(/C=C/CC2(C)C(=O)CCC2OC(C)=O)cc1OC. The molecular weight excluding hydrogens is 308 g/mol. The van der Waals surface area contributed by atoms with Crippen molar-refractivity contribution in [3.8, 4) is 11.5 Å². The Labute approximate surface area is 142 Å². The molecule has 0 amide bonds. The van der Waals surface area contributed by atoms with Crippen LogP contribution in [0.15, 0.2) is 24.3 Å². The number of rotatable bonds is 6. The van der Waals surface area contributed by atoms with Crippen LogP contribution in [0.4, 0.5) is 0 Å². The lowest BCUT2D eigenvalue weighted by atomic mass is 9.81. The molecule has 0 bridgehead atoms. The van der Waals surface area contributed by atoms with Gasteiger partial charge >= 0.3 is 5.97 Å². The number of ether oxygens (including phenoxy) is 3. The van der Waals surface area contributed by atoms with Crippen molar-refractivity contribution in [1.29, 1.82) is 0 Å². The zero-order valence-electron chi connectivity index (χ0n) is 14.6. The summed E-state index contributed by atoms with van der Waals surface area (Å²) in [5.74, 6) is 1.12. The van der Waals surface area contributed by atoms with Gasteiger partial charge in [0.1, 0.15) is 11.9 Å². The standard InChI is InChI=1S/C19H24O5/c1-13(20)24-18-10-9-17(21)19(18,2)11-5-6-14-7-8-15(22-3)16(12-14)23-4/h5-8,12,18H,9-11H2,1-4H3/b6-5+. The Hall–Kier alpha value is -2.30. The van der Waals surface area contributed by atoms with E-state index in [-0.39, 0.29) is 17.9 Å². The predicted molar refractivity (Wildman–Crippen MR) is 91.1 cm³/mol. The van der Waals surface area contributed by atoms with Crippen LogP contribution in [-0.2, 0) is 14.3 Å². The van der Waals surface area contributed by atoms with E-state index in [1.165, 1.54) is 6.92 Å². The molecular formula is C19H24O5. The molecule has 0 radical (unpaired) electrons. The van der Waals surface area contributed by atoms with Crippen molar-refractivity contribution in [2.24, 2.45) is 5.41 Å². The molecule has 2 unspecified atom stereocenters. The minimum Gasteiger partial charge on any atom is -0.493 e. The van der Waals surface area contributed by atoms with Crippen LogP contribution < -0.4 is 9.47 Å². The highest BCUT2D eigenvalue weighted by Crippen LogP contribution is 2.40. The maximum absolute atomic E-state index is 12.3. The molecule has 2 atom stereocenters. The predicted octanol–water partition coefficient (Wildman–Crippen LogP) is 3.41. The summed E-state index contributed by atoms with van der Waals surface area (Å²) in [4.78, 5) is 23.5. The first-order valence-electron chi connectivity index (χ1n) is 8.00. The highest BCUT2D eigenvalue weighted by Gasteiger charge is 2.47. The maximum Gasteiger partial charge on any atom is 0.302 e. The van der Waals surface area contributed by atoms with Gasteiger partial charge in [0, 0.05) is 13.3 Å². The van der Waals surface area contributed by atoms with Crippen LogP contribution in [0.5, 0.6) is 11.5 Å². The average Bonchev–Trinajstić information content (AvgIpc) is 2.82. The van der Waals surface area contributed by atoms with E-state index in [1.807, 2.05) is 37.3 Å². The van der Waals surface area contributed by atoms with Crippen molar-refractivity contribution < 1.29 is 23.8 Å². The summed E-state index contributed by atoms with van der Waals surface area (Å²) in [6.07, 6.45) is 5.11. The van der Waals surface area contributed by atoms with E-state index in [0.717, 1.165) is 5.56 Å². The van der Waals surface area contributed by atoms with Crippen molar-refractivity contribution in [3.05, 3.63) is 29.8 Å². The number of allylic oxidation sites excluding steroid dienone is 1. The van der Waals surface area contributed by atoms with Gasteiger partial charge in [-0.05, 0) is 37.5 Å². The Bertz CT molecular complexity index is 649. The molecule has 0 aliphatic heterocycles. The lowest BCUT2D eigenvalue weighted by Gasteiger charge is -2.28. The molecule has 0 saturated heterocycles. The summed E-state index contributed by atoms with van der Waals surface area (Å²) < 4.78 is 15.8. The Morgan fingerprint density at radius 2 is 2.00 bits per heavy atom. The molecule has 5 nitrogen and oxygen atoms in total. The molecule has 5 heteroatoms. The van der Waals surface area contributed by atoms with E-state index >= 15 is 0 Å². The van der Waals surface area contributed by atoms with E-state index in [4.69, 9.17) is 14.2 Å². The van der Waals surface area contributed by atoms with Gasteiger partial charge < -0.3 is 14.2 Å². The van der Waals surface area contributed by atoms with E-state index in [0.29, 0.717) is 30.8 Å². The summed E-state index contributed by atoms with van der Waals surface area (Å²) in [5, 5.41) is 0. The van der Waals surface area contributed by atoms with Crippen LogP contribution in [0.1, 0.15) is 38.7 Å². The molecule has 24 heavy (non-hydrogen) atoms. The summed E-state index contributed by atoms with van der Waals surface area (Å²) in [6.45, 7) is 3.25. The van der Waals surface area contributed by atoms with Gasteiger partial charge in [-0.15, -0.1) is 0 Å². The molecule has 1 saturated carbocycles. The van der Waals surface area contributed by atoms with Gasteiger partial charge in [0.2, 0.25) is 0 Å². The smallest absolute Gasteiger partial charge is 0.302 e. The highest BCUT2D eigenvalue weighted by molar-refractivity contribution is 5.88. The molecule has 1 aliphatic rings. The molecule has 0 heterocycles. The highest BCUT2D eigenvalue weighted by atomic mass is 16.5. The topological polar surface area (TPSA) is 61.8 Å². The molecule has 1 fully saturated rings. The zero-order valence-corrected chi connectivity index (χ0v) is 14.6. The minimum absolute atomic E-state index is 0.144. The molecule has 1 aliphatic carbocycles. The first-order chi connectivity index (χ1) is 11.4. The van der Waals surface area contributed by atoms with Crippen molar-refractivity contribution in [2.45, 2.75) is 39.2 Å². The zero-order chi connectivity index (χ0) is 17.7. The van der Waals surface area contributed by atoms with E-state index in [9.17, 15) is 9.59 Å². The Morgan fingerprint density at radius 3 is 2.62 bits per heavy atom. The third-order valence-electron chi connectivity index (χ3n) is 4.55. The number of ketones is 1.